The van der Waals surface area contributed by atoms with Crippen LogP contribution in [0.5, 0.6) is 0 Å². The first-order valence-electron chi connectivity index (χ1n) is 8.15. The quantitative estimate of drug-likeness (QED) is 0.838. The van der Waals surface area contributed by atoms with Gasteiger partial charge in [-0.15, -0.1) is 0 Å². The van der Waals surface area contributed by atoms with Gasteiger partial charge >= 0.3 is 0 Å². The molecule has 1 unspecified atom stereocenters. The molecule has 2 nitrogen and oxygen atoms in total. The van der Waals surface area contributed by atoms with Crippen molar-refractivity contribution in [1.29, 1.82) is 0 Å². The monoisotopic (exact) mass is 309 g/mol. The van der Waals surface area contributed by atoms with Crippen LogP contribution in [-0.4, -0.2) is 25.3 Å². The molecule has 1 aromatic carbocycles. The number of ether oxygens (including phenoxy) is 1. The lowest BCUT2D eigenvalue weighted by Crippen LogP contribution is -2.54. The summed E-state index contributed by atoms with van der Waals surface area (Å²) in [5, 5.41) is 4.31. The predicted octanol–water partition coefficient (Wildman–Crippen LogP) is 4.46. The minimum absolute atomic E-state index is 0.0182. The van der Waals surface area contributed by atoms with E-state index >= 15 is 0 Å². The molecular weight excluding hydrogens is 282 g/mol. The van der Waals surface area contributed by atoms with Crippen LogP contribution in [-0.2, 0) is 11.2 Å². The van der Waals surface area contributed by atoms with Gasteiger partial charge in [-0.3, -0.25) is 0 Å². The van der Waals surface area contributed by atoms with E-state index < -0.39 is 0 Å². The Morgan fingerprint density at radius 2 is 1.90 bits per heavy atom. The molecule has 0 aromatic heterocycles. The van der Waals surface area contributed by atoms with Gasteiger partial charge < -0.3 is 10.1 Å². The van der Waals surface area contributed by atoms with Crippen LogP contribution >= 0.6 is 11.6 Å². The van der Waals surface area contributed by atoms with Gasteiger partial charge in [0.25, 0.3) is 0 Å². The molecule has 0 radical (unpaired) electrons. The maximum atomic E-state index is 6.28. The van der Waals surface area contributed by atoms with Crippen molar-refractivity contribution in [2.75, 3.05) is 13.7 Å². The van der Waals surface area contributed by atoms with Crippen molar-refractivity contribution in [2.45, 2.75) is 57.6 Å². The molecule has 3 heteroatoms. The van der Waals surface area contributed by atoms with Crippen molar-refractivity contribution < 1.29 is 4.74 Å². The number of rotatable bonds is 6. The molecule has 0 heterocycles. The molecule has 1 fully saturated rings. The fourth-order valence-electron chi connectivity index (χ4n) is 3.54. The molecule has 0 aliphatic heterocycles. The number of halogens is 1. The minimum Gasteiger partial charge on any atom is -0.374 e. The Kier molecular flexibility index (Phi) is 6.09. The van der Waals surface area contributed by atoms with E-state index in [1.165, 1.54) is 18.4 Å². The minimum atomic E-state index is -0.0182. The third kappa shape index (κ3) is 4.21. The molecule has 0 spiro atoms. The Bertz CT molecular complexity index is 423. The second-order valence-corrected chi connectivity index (χ2v) is 6.79. The van der Waals surface area contributed by atoms with Crippen molar-refractivity contribution in [3.8, 4) is 0 Å². The topological polar surface area (TPSA) is 21.3 Å². The van der Waals surface area contributed by atoms with Gasteiger partial charge in [0.2, 0.25) is 0 Å². The fourth-order valence-corrected chi connectivity index (χ4v) is 3.66. The summed E-state index contributed by atoms with van der Waals surface area (Å²) in [5.41, 5.74) is 1.30. The lowest BCUT2D eigenvalue weighted by Gasteiger charge is -2.45. The van der Waals surface area contributed by atoms with E-state index in [1.807, 2.05) is 12.1 Å². The summed E-state index contributed by atoms with van der Waals surface area (Å²) >= 11 is 5.98. The molecule has 118 valence electrons. The van der Waals surface area contributed by atoms with Gasteiger partial charge in [0.05, 0.1) is 5.60 Å². The van der Waals surface area contributed by atoms with Crippen LogP contribution in [0.4, 0.5) is 0 Å². The molecule has 2 rings (SSSR count). The van der Waals surface area contributed by atoms with E-state index in [9.17, 15) is 0 Å². The molecular formula is C18H28ClNO. The standard InChI is InChI=1S/C18H28ClNO/c1-4-21-18(11-9-14(2)10-12-18)17(20-3)13-15-5-7-16(19)8-6-15/h5-8,14,17,20H,4,9-13H2,1-3H3. The highest BCUT2D eigenvalue weighted by molar-refractivity contribution is 6.30. The average molecular weight is 310 g/mol. The van der Waals surface area contributed by atoms with Gasteiger partial charge in [-0.05, 0) is 69.7 Å². The Balaban J connectivity index is 2.13. The van der Waals surface area contributed by atoms with Crippen molar-refractivity contribution in [3.63, 3.8) is 0 Å². The number of benzene rings is 1. The number of likely N-dealkylation sites (N-methyl/N-ethyl adjacent to an activating group) is 1. The first-order chi connectivity index (χ1) is 10.1. The summed E-state index contributed by atoms with van der Waals surface area (Å²) in [5.74, 6) is 0.826. The van der Waals surface area contributed by atoms with Crippen LogP contribution in [0.3, 0.4) is 0 Å². The van der Waals surface area contributed by atoms with Crippen molar-refractivity contribution >= 4 is 11.6 Å². The highest BCUT2D eigenvalue weighted by Crippen LogP contribution is 2.38. The largest absolute Gasteiger partial charge is 0.374 e. The van der Waals surface area contributed by atoms with Crippen LogP contribution in [0.15, 0.2) is 24.3 Å². The number of hydrogen-bond donors (Lipinski definition) is 1. The maximum Gasteiger partial charge on any atom is 0.0837 e. The lowest BCUT2D eigenvalue weighted by molar-refractivity contribution is -0.0947. The van der Waals surface area contributed by atoms with E-state index in [-0.39, 0.29) is 5.60 Å². The van der Waals surface area contributed by atoms with Crippen molar-refractivity contribution in [3.05, 3.63) is 34.9 Å². The molecule has 21 heavy (non-hydrogen) atoms. The number of nitrogens with one attached hydrogen (secondary N) is 1. The third-order valence-corrected chi connectivity index (χ3v) is 5.14. The van der Waals surface area contributed by atoms with Gasteiger partial charge in [-0.2, -0.15) is 0 Å². The second-order valence-electron chi connectivity index (χ2n) is 6.35. The third-order valence-electron chi connectivity index (χ3n) is 4.89. The normalized spacial score (nSPS) is 27.5. The van der Waals surface area contributed by atoms with Gasteiger partial charge in [0.15, 0.2) is 0 Å². The van der Waals surface area contributed by atoms with E-state index in [1.54, 1.807) is 0 Å². The van der Waals surface area contributed by atoms with E-state index in [2.05, 4.69) is 38.3 Å². The summed E-state index contributed by atoms with van der Waals surface area (Å²) < 4.78 is 6.28. The summed E-state index contributed by atoms with van der Waals surface area (Å²) in [6.07, 6.45) is 5.82. The average Bonchev–Trinajstić information content (AvgIpc) is 2.49. The van der Waals surface area contributed by atoms with Gasteiger partial charge in [-0.1, -0.05) is 30.7 Å². The van der Waals surface area contributed by atoms with Crippen LogP contribution < -0.4 is 5.32 Å². The first-order valence-corrected chi connectivity index (χ1v) is 8.53. The SMILES string of the molecule is CCOC1(C(Cc2ccc(Cl)cc2)NC)CCC(C)CC1. The van der Waals surface area contributed by atoms with Gasteiger partial charge in [0, 0.05) is 17.7 Å². The van der Waals surface area contributed by atoms with Crippen LogP contribution in [0, 0.1) is 5.92 Å². The first kappa shape index (κ1) is 16.8. The van der Waals surface area contributed by atoms with Gasteiger partial charge in [0.1, 0.15) is 0 Å². The van der Waals surface area contributed by atoms with Gasteiger partial charge in [-0.25, -0.2) is 0 Å². The molecule has 1 N–H and O–H groups in total. The second kappa shape index (κ2) is 7.62. The Morgan fingerprint density at radius 3 is 2.43 bits per heavy atom. The Hall–Kier alpha value is -0.570. The predicted molar refractivity (Wildman–Crippen MR) is 90.0 cm³/mol. The van der Waals surface area contributed by atoms with Crippen LogP contribution in [0.1, 0.15) is 45.1 Å². The zero-order valence-corrected chi connectivity index (χ0v) is 14.2. The zero-order valence-electron chi connectivity index (χ0n) is 13.5. The van der Waals surface area contributed by atoms with E-state index in [4.69, 9.17) is 16.3 Å². The Morgan fingerprint density at radius 1 is 1.29 bits per heavy atom. The molecule has 1 aromatic rings. The maximum absolute atomic E-state index is 6.28. The molecule has 1 saturated carbocycles. The van der Waals surface area contributed by atoms with Crippen LogP contribution in [0.2, 0.25) is 5.02 Å². The highest BCUT2D eigenvalue weighted by atomic mass is 35.5. The number of hydrogen-bond acceptors (Lipinski definition) is 2. The molecule has 0 amide bonds. The Labute approximate surface area is 134 Å². The summed E-state index contributed by atoms with van der Waals surface area (Å²) in [7, 11) is 2.05. The van der Waals surface area contributed by atoms with E-state index in [0.717, 1.165) is 36.8 Å². The summed E-state index contributed by atoms with van der Waals surface area (Å²) in [6.45, 7) is 5.24. The molecule has 0 bridgehead atoms. The summed E-state index contributed by atoms with van der Waals surface area (Å²) in [6, 6.07) is 8.54. The zero-order chi connectivity index (χ0) is 15.3. The van der Waals surface area contributed by atoms with Crippen molar-refractivity contribution in [2.24, 2.45) is 5.92 Å². The molecule has 1 atom stereocenters. The molecule has 1 aliphatic rings. The molecule has 1 aliphatic carbocycles. The smallest absolute Gasteiger partial charge is 0.0837 e. The highest BCUT2D eigenvalue weighted by Gasteiger charge is 2.41. The van der Waals surface area contributed by atoms with Crippen molar-refractivity contribution in [1.82, 2.24) is 5.32 Å². The lowest BCUT2D eigenvalue weighted by atomic mass is 9.73. The molecule has 0 saturated heterocycles. The fraction of sp³-hybridized carbons (Fsp3) is 0.667. The summed E-state index contributed by atoms with van der Waals surface area (Å²) in [4.78, 5) is 0. The van der Waals surface area contributed by atoms with Crippen LogP contribution in [0.25, 0.3) is 0 Å². The van der Waals surface area contributed by atoms with E-state index in [0.29, 0.717) is 6.04 Å².